The lowest BCUT2D eigenvalue weighted by atomic mass is 10.0. The highest BCUT2D eigenvalue weighted by atomic mass is 32.2. The summed E-state index contributed by atoms with van der Waals surface area (Å²) in [5.41, 5.74) is 0. The van der Waals surface area contributed by atoms with Gasteiger partial charge in [-0.3, -0.25) is 4.98 Å². The summed E-state index contributed by atoms with van der Waals surface area (Å²) in [6.45, 7) is 0.810. The number of benzene rings is 1. The molecular weight excluding hydrogens is 286 g/mol. The minimum Gasteiger partial charge on any atom is -0.264 e. The van der Waals surface area contributed by atoms with Gasteiger partial charge in [-0.25, -0.2) is 8.42 Å². The molecule has 0 unspecified atom stereocenters. The number of hydrogen-bond donors (Lipinski definition) is 0. The number of pyridine rings is 1. The molecule has 1 aromatic carbocycles. The summed E-state index contributed by atoms with van der Waals surface area (Å²) in [5.74, 6) is -0.0341. The highest BCUT2D eigenvalue weighted by Crippen LogP contribution is 2.28. The molecule has 0 aliphatic carbocycles. The van der Waals surface area contributed by atoms with Crippen LogP contribution in [0.15, 0.2) is 41.6 Å². The number of sulfonamides is 1. The van der Waals surface area contributed by atoms with E-state index in [1.165, 1.54) is 4.31 Å². The first kappa shape index (κ1) is 14.0. The smallest absolute Gasteiger partial charge is 0.243 e. The van der Waals surface area contributed by atoms with Crippen LogP contribution in [0.2, 0.25) is 0 Å². The van der Waals surface area contributed by atoms with Crippen LogP contribution in [0.25, 0.3) is 10.8 Å². The maximum atomic E-state index is 12.8. The summed E-state index contributed by atoms with van der Waals surface area (Å²) in [7, 11) is -3.52. The fourth-order valence-electron chi connectivity index (χ4n) is 2.68. The number of hydrogen-bond acceptors (Lipinski definition) is 4. The average molecular weight is 301 g/mol. The van der Waals surface area contributed by atoms with E-state index in [9.17, 15) is 8.42 Å². The molecule has 0 bridgehead atoms. The number of rotatable bonds is 2. The van der Waals surface area contributed by atoms with Gasteiger partial charge in [0.05, 0.1) is 11.0 Å². The molecule has 108 valence electrons. The van der Waals surface area contributed by atoms with Crippen molar-refractivity contribution in [2.24, 2.45) is 5.92 Å². The normalized spacial score (nSPS) is 17.7. The van der Waals surface area contributed by atoms with Crippen molar-refractivity contribution in [2.45, 2.75) is 17.7 Å². The van der Waals surface area contributed by atoms with E-state index in [2.05, 4.69) is 11.1 Å². The zero-order valence-corrected chi connectivity index (χ0v) is 12.3. The molecule has 3 rings (SSSR count). The summed E-state index contributed by atoms with van der Waals surface area (Å²) >= 11 is 0. The van der Waals surface area contributed by atoms with Gasteiger partial charge in [0.25, 0.3) is 0 Å². The lowest BCUT2D eigenvalue weighted by Gasteiger charge is -2.28. The molecule has 6 heteroatoms. The van der Waals surface area contributed by atoms with E-state index in [0.29, 0.717) is 36.2 Å². The topological polar surface area (TPSA) is 74.1 Å². The third-order valence-electron chi connectivity index (χ3n) is 3.90. The average Bonchev–Trinajstić information content (AvgIpc) is 2.54. The molecule has 1 aliphatic heterocycles. The van der Waals surface area contributed by atoms with Gasteiger partial charge in [0.15, 0.2) is 0 Å². The fourth-order valence-corrected chi connectivity index (χ4v) is 4.37. The van der Waals surface area contributed by atoms with Gasteiger partial charge >= 0.3 is 0 Å². The lowest BCUT2D eigenvalue weighted by Crippen LogP contribution is -2.38. The third-order valence-corrected chi connectivity index (χ3v) is 5.85. The molecule has 21 heavy (non-hydrogen) atoms. The SMILES string of the molecule is N#CC1CCN(S(=O)(=O)c2cccc3cnccc23)CC1. The molecule has 5 nitrogen and oxygen atoms in total. The molecule has 0 radical (unpaired) electrons. The third kappa shape index (κ3) is 2.50. The number of aromatic nitrogens is 1. The number of nitrogens with zero attached hydrogens (tertiary/aromatic N) is 3. The summed E-state index contributed by atoms with van der Waals surface area (Å²) in [5, 5.41) is 10.4. The van der Waals surface area contributed by atoms with Gasteiger partial charge in [-0.05, 0) is 25.0 Å². The zero-order valence-electron chi connectivity index (χ0n) is 11.4. The van der Waals surface area contributed by atoms with Crippen LogP contribution in [0.1, 0.15) is 12.8 Å². The van der Waals surface area contributed by atoms with Crippen molar-refractivity contribution in [3.05, 3.63) is 36.7 Å². The maximum absolute atomic E-state index is 12.8. The molecule has 1 saturated heterocycles. The van der Waals surface area contributed by atoms with Gasteiger partial charge in [-0.1, -0.05) is 12.1 Å². The van der Waals surface area contributed by atoms with E-state index in [4.69, 9.17) is 5.26 Å². The minimum atomic E-state index is -3.52. The summed E-state index contributed by atoms with van der Waals surface area (Å²) in [6, 6.07) is 9.16. The Kier molecular flexibility index (Phi) is 3.62. The predicted molar refractivity (Wildman–Crippen MR) is 78.8 cm³/mol. The Bertz CT molecular complexity index is 798. The Morgan fingerprint density at radius 3 is 2.71 bits per heavy atom. The minimum absolute atomic E-state index is 0.0341. The molecule has 1 aliphatic rings. The lowest BCUT2D eigenvalue weighted by molar-refractivity contribution is 0.310. The van der Waals surface area contributed by atoms with Gasteiger partial charge in [-0.15, -0.1) is 0 Å². The zero-order chi connectivity index (χ0) is 14.9. The van der Waals surface area contributed by atoms with Crippen LogP contribution in [0, 0.1) is 17.2 Å². The predicted octanol–water partition coefficient (Wildman–Crippen LogP) is 2.16. The number of nitriles is 1. The second-order valence-corrected chi connectivity index (χ2v) is 7.07. The first-order valence-electron chi connectivity index (χ1n) is 6.85. The van der Waals surface area contributed by atoms with E-state index < -0.39 is 10.0 Å². The highest BCUT2D eigenvalue weighted by Gasteiger charge is 2.30. The van der Waals surface area contributed by atoms with Gasteiger partial charge in [0.1, 0.15) is 0 Å². The quantitative estimate of drug-likeness (QED) is 0.852. The molecule has 2 heterocycles. The van der Waals surface area contributed by atoms with Gasteiger partial charge in [-0.2, -0.15) is 9.57 Å². The number of fused-ring (bicyclic) bond motifs is 1. The van der Waals surface area contributed by atoms with Gasteiger partial charge < -0.3 is 0 Å². The monoisotopic (exact) mass is 301 g/mol. The first-order chi connectivity index (χ1) is 10.1. The van der Waals surface area contributed by atoms with Crippen molar-refractivity contribution < 1.29 is 8.42 Å². The molecular formula is C15H15N3O2S. The first-order valence-corrected chi connectivity index (χ1v) is 8.29. The molecule has 1 fully saturated rings. The second-order valence-electron chi connectivity index (χ2n) is 5.16. The maximum Gasteiger partial charge on any atom is 0.243 e. The van der Waals surface area contributed by atoms with Crippen molar-refractivity contribution in [1.29, 1.82) is 5.26 Å². The van der Waals surface area contributed by atoms with E-state index in [0.717, 1.165) is 5.39 Å². The van der Waals surface area contributed by atoms with Crippen molar-refractivity contribution in [1.82, 2.24) is 9.29 Å². The largest absolute Gasteiger partial charge is 0.264 e. The van der Waals surface area contributed by atoms with E-state index >= 15 is 0 Å². The number of piperidine rings is 1. The molecule has 1 aromatic heterocycles. The fraction of sp³-hybridized carbons (Fsp3) is 0.333. The standard InChI is InChI=1S/C15H15N3O2S/c16-10-12-5-8-18(9-6-12)21(19,20)15-3-1-2-13-11-17-7-4-14(13)15/h1-4,7,11-12H,5-6,8-9H2. The van der Waals surface area contributed by atoms with Crippen molar-refractivity contribution in [3.8, 4) is 6.07 Å². The van der Waals surface area contributed by atoms with Crippen LogP contribution in [0.4, 0.5) is 0 Å². The molecule has 2 aromatic rings. The van der Waals surface area contributed by atoms with Crippen LogP contribution in [-0.4, -0.2) is 30.8 Å². The van der Waals surface area contributed by atoms with Crippen LogP contribution in [0.3, 0.4) is 0 Å². The van der Waals surface area contributed by atoms with Crippen molar-refractivity contribution in [3.63, 3.8) is 0 Å². The van der Waals surface area contributed by atoms with Crippen molar-refractivity contribution in [2.75, 3.05) is 13.1 Å². The summed E-state index contributed by atoms with van der Waals surface area (Å²) in [6.07, 6.45) is 4.46. The van der Waals surface area contributed by atoms with Crippen LogP contribution in [-0.2, 0) is 10.0 Å². The van der Waals surface area contributed by atoms with Gasteiger partial charge in [0.2, 0.25) is 10.0 Å². The van der Waals surface area contributed by atoms with Crippen LogP contribution < -0.4 is 0 Å². The highest BCUT2D eigenvalue weighted by molar-refractivity contribution is 7.89. The second kappa shape index (κ2) is 5.43. The van der Waals surface area contributed by atoms with Crippen LogP contribution >= 0.6 is 0 Å². The molecule has 0 atom stereocenters. The van der Waals surface area contributed by atoms with E-state index in [1.54, 1.807) is 30.6 Å². The van der Waals surface area contributed by atoms with Crippen molar-refractivity contribution >= 4 is 20.8 Å². The Morgan fingerprint density at radius 2 is 2.00 bits per heavy atom. The summed E-state index contributed by atoms with van der Waals surface area (Å²) < 4.78 is 27.1. The Labute approximate surface area is 123 Å². The Balaban J connectivity index is 2.00. The Morgan fingerprint density at radius 1 is 1.24 bits per heavy atom. The van der Waals surface area contributed by atoms with Crippen LogP contribution in [0.5, 0.6) is 0 Å². The van der Waals surface area contributed by atoms with E-state index in [-0.39, 0.29) is 5.92 Å². The molecule has 0 N–H and O–H groups in total. The Hall–Kier alpha value is -1.97. The van der Waals surface area contributed by atoms with Gasteiger partial charge in [0, 0.05) is 42.2 Å². The molecule has 0 amide bonds. The van der Waals surface area contributed by atoms with E-state index in [1.807, 2.05) is 6.07 Å². The molecule has 0 spiro atoms. The summed E-state index contributed by atoms with van der Waals surface area (Å²) in [4.78, 5) is 4.34. The molecule has 0 saturated carbocycles.